The van der Waals surface area contributed by atoms with Gasteiger partial charge in [0.05, 0.1) is 0 Å². The number of aliphatic carboxylic acids is 1. The molecule has 0 bridgehead atoms. The van der Waals surface area contributed by atoms with Crippen LogP contribution in [-0.4, -0.2) is 23.1 Å². The first-order valence-corrected chi connectivity index (χ1v) is 16.7. The molecule has 0 amide bonds. The summed E-state index contributed by atoms with van der Waals surface area (Å²) >= 11 is 0. The van der Waals surface area contributed by atoms with Crippen molar-refractivity contribution in [1.29, 1.82) is 0 Å². The average Bonchev–Trinajstić information content (AvgIpc) is 2.90. The number of rotatable bonds is 30. The third kappa shape index (κ3) is 29.2. The van der Waals surface area contributed by atoms with E-state index in [4.69, 9.17) is 9.84 Å². The van der Waals surface area contributed by atoms with Gasteiger partial charge in [-0.3, -0.25) is 9.59 Å². The van der Waals surface area contributed by atoms with Gasteiger partial charge in [-0.15, -0.1) is 0 Å². The standard InChI is InChI=1S/C34H64O4/c1-3-5-7-9-10-11-12-13-14-15-20-23-27-31-34(37)38-32(28-24-8-6-4-2)29-25-21-18-16-17-19-22-26-30-33(35)36/h11-12,32H,3-10,13-31H2,1-2H3,(H,35,36)/b12-11-. The van der Waals surface area contributed by atoms with Crippen molar-refractivity contribution in [1.82, 2.24) is 0 Å². The van der Waals surface area contributed by atoms with Crippen LogP contribution < -0.4 is 0 Å². The molecule has 4 nitrogen and oxygen atoms in total. The third-order valence-electron chi connectivity index (χ3n) is 7.49. The van der Waals surface area contributed by atoms with Crippen LogP contribution >= 0.6 is 0 Å². The van der Waals surface area contributed by atoms with Gasteiger partial charge >= 0.3 is 11.9 Å². The van der Waals surface area contributed by atoms with E-state index in [2.05, 4.69) is 26.0 Å². The highest BCUT2D eigenvalue weighted by molar-refractivity contribution is 5.69. The fraction of sp³-hybridized carbons (Fsp3) is 0.882. The van der Waals surface area contributed by atoms with Crippen LogP contribution in [0.2, 0.25) is 0 Å². The molecule has 0 saturated carbocycles. The van der Waals surface area contributed by atoms with E-state index in [1.54, 1.807) is 0 Å². The van der Waals surface area contributed by atoms with Gasteiger partial charge in [-0.2, -0.15) is 0 Å². The van der Waals surface area contributed by atoms with Gasteiger partial charge in [0.1, 0.15) is 6.10 Å². The van der Waals surface area contributed by atoms with E-state index in [0.717, 1.165) is 57.8 Å². The predicted molar refractivity (Wildman–Crippen MR) is 163 cm³/mol. The van der Waals surface area contributed by atoms with Crippen LogP contribution in [0.5, 0.6) is 0 Å². The Bertz CT molecular complexity index is 543. The normalized spacial score (nSPS) is 12.3. The summed E-state index contributed by atoms with van der Waals surface area (Å²) in [6.45, 7) is 4.49. The summed E-state index contributed by atoms with van der Waals surface area (Å²) in [6, 6.07) is 0. The number of carboxylic acid groups (broad SMARTS) is 1. The molecule has 38 heavy (non-hydrogen) atoms. The molecule has 224 valence electrons. The highest BCUT2D eigenvalue weighted by Gasteiger charge is 2.14. The largest absolute Gasteiger partial charge is 0.481 e. The third-order valence-corrected chi connectivity index (χ3v) is 7.49. The van der Waals surface area contributed by atoms with Gasteiger partial charge in [-0.25, -0.2) is 0 Å². The molecule has 0 aromatic carbocycles. The molecule has 4 heteroatoms. The molecule has 1 unspecified atom stereocenters. The number of hydrogen-bond acceptors (Lipinski definition) is 3. The van der Waals surface area contributed by atoms with Gasteiger partial charge in [0.25, 0.3) is 0 Å². The van der Waals surface area contributed by atoms with Crippen LogP contribution in [0.4, 0.5) is 0 Å². The first kappa shape index (κ1) is 36.7. The summed E-state index contributed by atoms with van der Waals surface area (Å²) in [4.78, 5) is 23.0. The highest BCUT2D eigenvalue weighted by Crippen LogP contribution is 2.18. The monoisotopic (exact) mass is 536 g/mol. The lowest BCUT2D eigenvalue weighted by atomic mass is 10.0. The summed E-state index contributed by atoms with van der Waals surface area (Å²) in [6.07, 6.45) is 35.2. The Labute approximate surface area is 236 Å². The number of carbonyl (C=O) groups is 2. The second-order valence-electron chi connectivity index (χ2n) is 11.3. The lowest BCUT2D eigenvalue weighted by Gasteiger charge is -2.18. The van der Waals surface area contributed by atoms with Gasteiger partial charge in [-0.05, 0) is 64.2 Å². The zero-order valence-corrected chi connectivity index (χ0v) is 25.5. The van der Waals surface area contributed by atoms with E-state index >= 15 is 0 Å². The van der Waals surface area contributed by atoms with Crippen molar-refractivity contribution in [2.45, 2.75) is 193 Å². The molecule has 0 aliphatic heterocycles. The molecule has 0 aliphatic rings. The number of unbranched alkanes of at least 4 members (excludes halogenated alkanes) is 19. The molecule has 0 saturated heterocycles. The number of ether oxygens (including phenoxy) is 1. The van der Waals surface area contributed by atoms with Crippen LogP contribution in [0.3, 0.4) is 0 Å². The second-order valence-corrected chi connectivity index (χ2v) is 11.3. The minimum absolute atomic E-state index is 0.0119. The topological polar surface area (TPSA) is 63.6 Å². The summed E-state index contributed by atoms with van der Waals surface area (Å²) in [5, 5.41) is 8.69. The SMILES string of the molecule is CCCCCC/C=C\CCCCCCCC(=O)OC(CCCCCC)CCCCCCCCCCC(=O)O. The van der Waals surface area contributed by atoms with Gasteiger partial charge < -0.3 is 9.84 Å². The molecule has 1 atom stereocenters. The number of carbonyl (C=O) groups excluding carboxylic acids is 1. The number of hydrogen-bond donors (Lipinski definition) is 1. The van der Waals surface area contributed by atoms with E-state index in [9.17, 15) is 9.59 Å². The zero-order valence-electron chi connectivity index (χ0n) is 25.5. The van der Waals surface area contributed by atoms with Crippen molar-refractivity contribution in [2.24, 2.45) is 0 Å². The van der Waals surface area contributed by atoms with E-state index in [0.29, 0.717) is 12.8 Å². The minimum Gasteiger partial charge on any atom is -0.481 e. The maximum Gasteiger partial charge on any atom is 0.306 e. The Morgan fingerprint density at radius 3 is 1.45 bits per heavy atom. The highest BCUT2D eigenvalue weighted by atomic mass is 16.5. The maximum atomic E-state index is 12.5. The Balaban J connectivity index is 3.86. The van der Waals surface area contributed by atoms with Crippen LogP contribution in [0.15, 0.2) is 12.2 Å². The molecule has 0 heterocycles. The molecule has 1 N–H and O–H groups in total. The molecule has 0 aromatic rings. The average molecular weight is 537 g/mol. The minimum atomic E-state index is -0.683. The molecular weight excluding hydrogens is 472 g/mol. The summed E-state index contributed by atoms with van der Waals surface area (Å²) < 4.78 is 5.93. The van der Waals surface area contributed by atoms with Crippen molar-refractivity contribution >= 4 is 11.9 Å². The molecule has 0 spiro atoms. The van der Waals surface area contributed by atoms with Crippen LogP contribution in [0.1, 0.15) is 187 Å². The van der Waals surface area contributed by atoms with Crippen molar-refractivity contribution < 1.29 is 19.4 Å². The first-order valence-electron chi connectivity index (χ1n) is 16.7. The molecule has 0 fully saturated rings. The maximum absolute atomic E-state index is 12.5. The first-order chi connectivity index (χ1) is 18.6. The lowest BCUT2D eigenvalue weighted by molar-refractivity contribution is -0.150. The Kier molecular flexibility index (Phi) is 29.2. The smallest absolute Gasteiger partial charge is 0.306 e. The fourth-order valence-electron chi connectivity index (χ4n) is 5.00. The summed E-state index contributed by atoms with van der Waals surface area (Å²) in [5.41, 5.74) is 0. The van der Waals surface area contributed by atoms with E-state index in [1.165, 1.54) is 103 Å². The number of carboxylic acids is 1. The van der Waals surface area contributed by atoms with Crippen LogP contribution in [0, 0.1) is 0 Å². The number of esters is 1. The van der Waals surface area contributed by atoms with Crippen molar-refractivity contribution in [3.8, 4) is 0 Å². The van der Waals surface area contributed by atoms with E-state index in [-0.39, 0.29) is 12.1 Å². The van der Waals surface area contributed by atoms with Crippen molar-refractivity contribution in [3.05, 3.63) is 12.2 Å². The van der Waals surface area contributed by atoms with E-state index in [1.807, 2.05) is 0 Å². The predicted octanol–water partition coefficient (Wildman–Crippen LogP) is 11.1. The van der Waals surface area contributed by atoms with Crippen molar-refractivity contribution in [3.63, 3.8) is 0 Å². The lowest BCUT2D eigenvalue weighted by Crippen LogP contribution is -2.18. The van der Waals surface area contributed by atoms with E-state index < -0.39 is 5.97 Å². The summed E-state index contributed by atoms with van der Waals surface area (Å²) in [5.74, 6) is -0.671. The second kappa shape index (κ2) is 30.2. The number of allylic oxidation sites excluding steroid dienone is 2. The fourth-order valence-corrected chi connectivity index (χ4v) is 5.00. The molecule has 0 aliphatic carbocycles. The molecule has 0 radical (unpaired) electrons. The van der Waals surface area contributed by atoms with Crippen LogP contribution in [-0.2, 0) is 14.3 Å². The summed E-state index contributed by atoms with van der Waals surface area (Å²) in [7, 11) is 0. The Hall–Kier alpha value is -1.32. The molecular formula is C34H64O4. The zero-order chi connectivity index (χ0) is 27.9. The van der Waals surface area contributed by atoms with Gasteiger partial charge in [0.15, 0.2) is 0 Å². The quantitative estimate of drug-likeness (QED) is 0.0563. The van der Waals surface area contributed by atoms with Gasteiger partial charge in [-0.1, -0.05) is 122 Å². The Morgan fingerprint density at radius 2 is 0.947 bits per heavy atom. The van der Waals surface area contributed by atoms with Gasteiger partial charge in [0, 0.05) is 12.8 Å². The van der Waals surface area contributed by atoms with Crippen LogP contribution in [0.25, 0.3) is 0 Å². The molecule has 0 rings (SSSR count). The molecule has 0 aromatic heterocycles. The Morgan fingerprint density at radius 1 is 0.553 bits per heavy atom. The van der Waals surface area contributed by atoms with Gasteiger partial charge in [0.2, 0.25) is 0 Å². The van der Waals surface area contributed by atoms with Crippen molar-refractivity contribution in [2.75, 3.05) is 0 Å².